The van der Waals surface area contributed by atoms with Crippen LogP contribution in [0.1, 0.15) is 18.9 Å². The highest BCUT2D eigenvalue weighted by molar-refractivity contribution is 5.84. The molecule has 1 aromatic carbocycles. The number of rotatable bonds is 4. The fourth-order valence-corrected chi connectivity index (χ4v) is 3.82. The van der Waals surface area contributed by atoms with Crippen LogP contribution in [-0.4, -0.2) is 59.0 Å². The molecule has 0 saturated carbocycles. The van der Waals surface area contributed by atoms with Crippen molar-refractivity contribution in [3.05, 3.63) is 59.1 Å². The molecule has 4 rings (SSSR count). The molecule has 3 heterocycles. The summed E-state index contributed by atoms with van der Waals surface area (Å²) in [4.78, 5) is 24.0. The maximum absolute atomic E-state index is 14.2. The minimum atomic E-state index is -0.227. The second kappa shape index (κ2) is 6.74. The highest BCUT2D eigenvalue weighted by atomic mass is 19.1. The van der Waals surface area contributed by atoms with E-state index in [1.807, 2.05) is 29.2 Å². The Labute approximate surface area is 152 Å². The van der Waals surface area contributed by atoms with Crippen LogP contribution >= 0.6 is 0 Å². The summed E-state index contributed by atoms with van der Waals surface area (Å²) >= 11 is 0. The van der Waals surface area contributed by atoms with Crippen molar-refractivity contribution in [2.45, 2.75) is 19.9 Å². The highest BCUT2D eigenvalue weighted by Crippen LogP contribution is 2.37. The number of hydroxylamine groups is 2. The van der Waals surface area contributed by atoms with Crippen LogP contribution in [-0.2, 0) is 16.2 Å². The van der Waals surface area contributed by atoms with Gasteiger partial charge in [-0.3, -0.25) is 4.79 Å². The van der Waals surface area contributed by atoms with Gasteiger partial charge in [0.05, 0.1) is 44.6 Å². The lowest BCUT2D eigenvalue weighted by Gasteiger charge is -2.43. The normalized spacial score (nSPS) is 20.5. The Hall–Kier alpha value is -2.38. The average Bonchev–Trinajstić information content (AvgIpc) is 3.05. The molecule has 3 aliphatic heterocycles. The number of hydrogen-bond donors (Lipinski definition) is 0. The van der Waals surface area contributed by atoms with E-state index in [1.165, 1.54) is 6.07 Å². The van der Waals surface area contributed by atoms with Gasteiger partial charge in [0.2, 0.25) is 0 Å². The first-order chi connectivity index (χ1) is 12.6. The molecule has 0 unspecified atom stereocenters. The van der Waals surface area contributed by atoms with Crippen LogP contribution in [0, 0.1) is 5.82 Å². The molecule has 138 valence electrons. The van der Waals surface area contributed by atoms with Gasteiger partial charge >= 0.3 is 0 Å². The van der Waals surface area contributed by atoms with E-state index in [0.717, 1.165) is 23.8 Å². The summed E-state index contributed by atoms with van der Waals surface area (Å²) < 4.78 is 14.2. The predicted molar refractivity (Wildman–Crippen MR) is 94.3 cm³/mol. The molecule has 7 heteroatoms. The molecular formula is C19H23FN4O2. The first kappa shape index (κ1) is 17.1. The number of halogens is 1. The quantitative estimate of drug-likeness (QED) is 0.821. The van der Waals surface area contributed by atoms with E-state index in [2.05, 4.69) is 9.80 Å². The Morgan fingerprint density at radius 3 is 2.77 bits per heavy atom. The van der Waals surface area contributed by atoms with Gasteiger partial charge in [-0.2, -0.15) is 5.06 Å². The molecule has 3 aliphatic rings. The Morgan fingerprint density at radius 2 is 2.04 bits per heavy atom. The monoisotopic (exact) mass is 358 g/mol. The largest absolute Gasteiger partial charge is 0.349 e. The van der Waals surface area contributed by atoms with E-state index in [9.17, 15) is 9.18 Å². The number of nitrogens with zero attached hydrogens (tertiary/aromatic N) is 4. The molecule has 0 bridgehead atoms. The SMILES string of the molecule is CCN1CC(=O)CC2=C1N1CN(OC)CC1=CN2Cc1ccccc1F. The van der Waals surface area contributed by atoms with Crippen molar-refractivity contribution >= 4 is 5.78 Å². The standard InChI is InChI=1S/C19H23FN4O2/c1-3-21-12-16(25)8-18-19(21)24-13-23(26-2)11-15(24)10-22(18)9-14-6-4-5-7-17(14)20/h4-7,10H,3,8-9,11-13H2,1-2H3. The Balaban J connectivity index is 1.75. The number of benzene rings is 1. The molecule has 0 aliphatic carbocycles. The molecule has 6 nitrogen and oxygen atoms in total. The Morgan fingerprint density at radius 1 is 1.23 bits per heavy atom. The first-order valence-electron chi connectivity index (χ1n) is 8.87. The van der Waals surface area contributed by atoms with Crippen LogP contribution < -0.4 is 0 Å². The number of allylic oxidation sites excluding steroid dienone is 1. The second-order valence-corrected chi connectivity index (χ2v) is 6.73. The third kappa shape index (κ3) is 2.87. The van der Waals surface area contributed by atoms with E-state index in [0.29, 0.717) is 38.3 Å². The zero-order valence-corrected chi connectivity index (χ0v) is 15.1. The smallest absolute Gasteiger partial charge is 0.158 e. The van der Waals surface area contributed by atoms with E-state index < -0.39 is 0 Å². The lowest BCUT2D eigenvalue weighted by Crippen LogP contribution is -2.46. The van der Waals surface area contributed by atoms with Gasteiger partial charge in [0.1, 0.15) is 18.3 Å². The highest BCUT2D eigenvalue weighted by Gasteiger charge is 2.39. The van der Waals surface area contributed by atoms with Crippen LogP contribution in [0.15, 0.2) is 47.7 Å². The summed E-state index contributed by atoms with van der Waals surface area (Å²) in [5, 5.41) is 1.87. The molecule has 0 aromatic heterocycles. The van der Waals surface area contributed by atoms with Gasteiger partial charge in [0.25, 0.3) is 0 Å². The molecule has 1 saturated heterocycles. The van der Waals surface area contributed by atoms with Crippen LogP contribution in [0.25, 0.3) is 0 Å². The van der Waals surface area contributed by atoms with Crippen LogP contribution in [0.4, 0.5) is 4.39 Å². The molecule has 0 N–H and O–H groups in total. The van der Waals surface area contributed by atoms with Crippen molar-refractivity contribution in [3.63, 3.8) is 0 Å². The summed E-state index contributed by atoms with van der Waals surface area (Å²) in [6.45, 7) is 4.90. The minimum Gasteiger partial charge on any atom is -0.349 e. The van der Waals surface area contributed by atoms with Crippen molar-refractivity contribution in [1.82, 2.24) is 19.8 Å². The lowest BCUT2D eigenvalue weighted by atomic mass is 10.1. The molecule has 26 heavy (non-hydrogen) atoms. The molecule has 0 atom stereocenters. The number of likely N-dealkylation sites (N-methyl/N-ethyl adjacent to an activating group) is 1. The Kier molecular flexibility index (Phi) is 4.42. The topological polar surface area (TPSA) is 39.3 Å². The number of carbonyl (C=O) groups excluding carboxylic acids is 1. The summed E-state index contributed by atoms with van der Waals surface area (Å²) in [5.41, 5.74) is 2.65. The van der Waals surface area contributed by atoms with Crippen LogP contribution in [0.5, 0.6) is 0 Å². The Bertz CT molecular complexity index is 791. The first-order valence-corrected chi connectivity index (χ1v) is 8.87. The number of Topliss-reactive ketones (excluding diaryl/α,β-unsaturated/α-hetero) is 1. The van der Waals surface area contributed by atoms with Crippen molar-refractivity contribution in [2.24, 2.45) is 0 Å². The summed E-state index contributed by atoms with van der Waals surface area (Å²) in [7, 11) is 1.66. The van der Waals surface area contributed by atoms with Crippen LogP contribution in [0.3, 0.4) is 0 Å². The fraction of sp³-hybridized carbons (Fsp3) is 0.421. The van der Waals surface area contributed by atoms with Gasteiger partial charge < -0.3 is 19.5 Å². The summed E-state index contributed by atoms with van der Waals surface area (Å²) in [5.74, 6) is 0.999. The third-order valence-corrected chi connectivity index (χ3v) is 5.12. The fourth-order valence-electron chi connectivity index (χ4n) is 3.82. The number of ketones is 1. The van der Waals surface area contributed by atoms with Crippen molar-refractivity contribution in [1.29, 1.82) is 0 Å². The van der Waals surface area contributed by atoms with E-state index in [1.54, 1.807) is 19.2 Å². The maximum Gasteiger partial charge on any atom is 0.158 e. The van der Waals surface area contributed by atoms with E-state index in [-0.39, 0.29) is 11.6 Å². The zero-order chi connectivity index (χ0) is 18.3. The molecule has 1 aromatic rings. The van der Waals surface area contributed by atoms with E-state index in [4.69, 9.17) is 4.84 Å². The van der Waals surface area contributed by atoms with E-state index >= 15 is 0 Å². The third-order valence-electron chi connectivity index (χ3n) is 5.12. The predicted octanol–water partition coefficient (Wildman–Crippen LogP) is 2.08. The summed E-state index contributed by atoms with van der Waals surface area (Å²) in [6.07, 6.45) is 2.39. The van der Waals surface area contributed by atoms with Gasteiger partial charge in [-0.1, -0.05) is 18.2 Å². The number of carbonyl (C=O) groups is 1. The van der Waals surface area contributed by atoms with Crippen molar-refractivity contribution < 1.29 is 14.0 Å². The maximum atomic E-state index is 14.2. The lowest BCUT2D eigenvalue weighted by molar-refractivity contribution is -0.124. The molecule has 1 fully saturated rings. The second-order valence-electron chi connectivity index (χ2n) is 6.73. The van der Waals surface area contributed by atoms with Crippen LogP contribution in [0.2, 0.25) is 0 Å². The number of fused-ring (bicyclic) bond motifs is 2. The van der Waals surface area contributed by atoms with Crippen molar-refractivity contribution in [2.75, 3.05) is 33.4 Å². The number of hydrogen-bond acceptors (Lipinski definition) is 6. The average molecular weight is 358 g/mol. The van der Waals surface area contributed by atoms with Gasteiger partial charge in [-0.05, 0) is 13.0 Å². The van der Waals surface area contributed by atoms with Gasteiger partial charge in [0.15, 0.2) is 5.78 Å². The van der Waals surface area contributed by atoms with Crippen molar-refractivity contribution in [3.8, 4) is 0 Å². The summed E-state index contributed by atoms with van der Waals surface area (Å²) in [6, 6.07) is 6.79. The molecular weight excluding hydrogens is 335 g/mol. The molecule has 0 radical (unpaired) electrons. The van der Waals surface area contributed by atoms with Gasteiger partial charge in [-0.15, -0.1) is 0 Å². The zero-order valence-electron chi connectivity index (χ0n) is 15.1. The minimum absolute atomic E-state index is 0.184. The molecule has 0 amide bonds. The van der Waals surface area contributed by atoms with Gasteiger partial charge in [0, 0.05) is 18.3 Å². The molecule has 0 spiro atoms. The van der Waals surface area contributed by atoms with Gasteiger partial charge in [-0.25, -0.2) is 4.39 Å².